The average molecular weight is 434 g/mol. The van der Waals surface area contributed by atoms with Crippen LogP contribution in [0.3, 0.4) is 0 Å². The van der Waals surface area contributed by atoms with E-state index in [2.05, 4.69) is 24.1 Å². The van der Waals surface area contributed by atoms with Crippen LogP contribution in [0.4, 0.5) is 0 Å². The Labute approximate surface area is 183 Å². The van der Waals surface area contributed by atoms with Gasteiger partial charge in [0.2, 0.25) is 0 Å². The average Bonchev–Trinajstić information content (AvgIpc) is 3.48. The Kier molecular flexibility index (Phi) is 6.49. The molecule has 6 nitrogen and oxygen atoms in total. The fourth-order valence-electron chi connectivity index (χ4n) is 5.41. The molecule has 166 valence electrons. The number of nitrogens with zero attached hydrogens (tertiary/aromatic N) is 2. The first kappa shape index (κ1) is 21.8. The zero-order chi connectivity index (χ0) is 21.3. The molecule has 1 N–H and O–H groups in total. The van der Waals surface area contributed by atoms with Gasteiger partial charge in [-0.3, -0.25) is 9.59 Å². The Balaban J connectivity index is 1.34. The maximum absolute atomic E-state index is 13.2. The van der Waals surface area contributed by atoms with Gasteiger partial charge in [-0.05, 0) is 56.8 Å². The largest absolute Gasteiger partial charge is 0.368 e. The van der Waals surface area contributed by atoms with Gasteiger partial charge in [0, 0.05) is 19.1 Å². The van der Waals surface area contributed by atoms with Crippen molar-refractivity contribution < 1.29 is 14.3 Å². The highest BCUT2D eigenvalue weighted by Gasteiger charge is 2.46. The van der Waals surface area contributed by atoms with Crippen molar-refractivity contribution in [2.45, 2.75) is 84.3 Å². The van der Waals surface area contributed by atoms with E-state index in [1.807, 2.05) is 11.8 Å². The van der Waals surface area contributed by atoms with Crippen molar-refractivity contribution in [2.24, 2.45) is 11.3 Å². The van der Waals surface area contributed by atoms with Gasteiger partial charge in [0.15, 0.2) is 0 Å². The van der Waals surface area contributed by atoms with E-state index < -0.39 is 0 Å². The van der Waals surface area contributed by atoms with Crippen molar-refractivity contribution in [3.05, 3.63) is 15.6 Å². The summed E-state index contributed by atoms with van der Waals surface area (Å²) in [6.07, 6.45) is 8.24. The molecule has 1 spiro atoms. The minimum absolute atomic E-state index is 0.0578. The molecule has 2 aliphatic heterocycles. The van der Waals surface area contributed by atoms with Crippen molar-refractivity contribution in [1.82, 2.24) is 15.2 Å². The van der Waals surface area contributed by atoms with Gasteiger partial charge in [0.25, 0.3) is 11.8 Å². The first-order chi connectivity index (χ1) is 14.4. The van der Waals surface area contributed by atoms with Gasteiger partial charge in [0.1, 0.15) is 11.0 Å². The Morgan fingerprint density at radius 3 is 2.80 bits per heavy atom. The first-order valence-corrected chi connectivity index (χ1v) is 12.4. The normalized spacial score (nSPS) is 25.5. The van der Waals surface area contributed by atoms with Crippen LogP contribution in [0, 0.1) is 18.3 Å². The summed E-state index contributed by atoms with van der Waals surface area (Å²) in [7, 11) is 0. The molecular formula is C23H35N3O3S. The number of rotatable bonds is 6. The van der Waals surface area contributed by atoms with E-state index in [4.69, 9.17) is 4.74 Å². The quantitative estimate of drug-likeness (QED) is 0.742. The molecule has 2 saturated heterocycles. The Morgan fingerprint density at radius 1 is 1.30 bits per heavy atom. The summed E-state index contributed by atoms with van der Waals surface area (Å²) in [6.45, 7) is 8.23. The maximum atomic E-state index is 13.2. The van der Waals surface area contributed by atoms with Gasteiger partial charge in [-0.25, -0.2) is 4.98 Å². The van der Waals surface area contributed by atoms with Gasteiger partial charge in [-0.1, -0.05) is 26.7 Å². The van der Waals surface area contributed by atoms with Gasteiger partial charge < -0.3 is 15.0 Å². The Morgan fingerprint density at radius 2 is 2.07 bits per heavy atom. The minimum atomic E-state index is -0.291. The van der Waals surface area contributed by atoms with Gasteiger partial charge in [-0.2, -0.15) is 0 Å². The number of likely N-dealkylation sites (tertiary alicyclic amines) is 1. The molecule has 2 atom stereocenters. The summed E-state index contributed by atoms with van der Waals surface area (Å²) in [5.41, 5.74) is 1.14. The van der Waals surface area contributed by atoms with E-state index in [0.29, 0.717) is 12.5 Å². The standard InChI is InChI=1S/C23H35N3O3S/c1-15(2)11-18-20(30-16(3)25-18)21(27)24-13-17-7-6-10-26(17)22(28)19-12-23(14-29-19)8-4-5-9-23/h15,17,19H,4-14H2,1-3H3,(H,24,27)/t17-,19?/m1/s1. The van der Waals surface area contributed by atoms with Gasteiger partial charge in [-0.15, -0.1) is 11.3 Å². The number of carbonyl (C=O) groups is 2. The number of carbonyl (C=O) groups excluding carboxylic acids is 2. The third-order valence-corrected chi connectivity index (χ3v) is 7.93. The molecule has 3 heterocycles. The lowest BCUT2D eigenvalue weighted by Gasteiger charge is -2.27. The number of ether oxygens (including phenoxy) is 1. The minimum Gasteiger partial charge on any atom is -0.368 e. The second-order valence-corrected chi connectivity index (χ2v) is 11.1. The van der Waals surface area contributed by atoms with Crippen molar-refractivity contribution in [3.63, 3.8) is 0 Å². The lowest BCUT2D eigenvalue weighted by Crippen LogP contribution is -2.47. The predicted octanol–water partition coefficient (Wildman–Crippen LogP) is 3.72. The lowest BCUT2D eigenvalue weighted by atomic mass is 9.84. The van der Waals surface area contributed by atoms with E-state index in [1.165, 1.54) is 37.0 Å². The second-order valence-electron chi connectivity index (χ2n) is 9.86. The molecular weight excluding hydrogens is 398 g/mol. The number of aromatic nitrogens is 1. The lowest BCUT2D eigenvalue weighted by molar-refractivity contribution is -0.141. The van der Waals surface area contributed by atoms with Gasteiger partial charge >= 0.3 is 0 Å². The van der Waals surface area contributed by atoms with Crippen LogP contribution < -0.4 is 5.32 Å². The zero-order valence-electron chi connectivity index (χ0n) is 18.5. The summed E-state index contributed by atoms with van der Waals surface area (Å²) in [6, 6.07) is 0.0627. The van der Waals surface area contributed by atoms with Crippen LogP contribution in [0.5, 0.6) is 0 Å². The molecule has 4 rings (SSSR count). The van der Waals surface area contributed by atoms with Crippen molar-refractivity contribution in [3.8, 4) is 0 Å². The molecule has 0 bridgehead atoms. The highest BCUT2D eigenvalue weighted by Crippen LogP contribution is 2.47. The fraction of sp³-hybridized carbons (Fsp3) is 0.783. The molecule has 1 aromatic heterocycles. The SMILES string of the molecule is Cc1nc(CC(C)C)c(C(=O)NC[C@H]2CCCN2C(=O)C2CC3(CCCC3)CO2)s1. The number of nitrogens with one attached hydrogen (secondary N) is 1. The van der Waals surface area contributed by atoms with Crippen LogP contribution in [-0.4, -0.2) is 53.5 Å². The molecule has 1 saturated carbocycles. The van der Waals surface area contributed by atoms with Crippen LogP contribution >= 0.6 is 11.3 Å². The zero-order valence-corrected chi connectivity index (χ0v) is 19.4. The fourth-order valence-corrected chi connectivity index (χ4v) is 6.27. The summed E-state index contributed by atoms with van der Waals surface area (Å²) >= 11 is 1.46. The van der Waals surface area contributed by atoms with E-state index in [0.717, 1.165) is 54.4 Å². The topological polar surface area (TPSA) is 71.5 Å². The molecule has 7 heteroatoms. The predicted molar refractivity (Wildman–Crippen MR) is 118 cm³/mol. The summed E-state index contributed by atoms with van der Waals surface area (Å²) in [5, 5.41) is 4.01. The molecule has 1 aromatic rings. The molecule has 0 aromatic carbocycles. The third-order valence-electron chi connectivity index (χ3n) is 6.92. The third kappa shape index (κ3) is 4.57. The molecule has 2 amide bonds. The van der Waals surface area contributed by atoms with Crippen LogP contribution in [0.2, 0.25) is 0 Å². The van der Waals surface area contributed by atoms with Crippen LogP contribution in [0.25, 0.3) is 0 Å². The molecule has 3 aliphatic rings. The summed E-state index contributed by atoms with van der Waals surface area (Å²) in [5.74, 6) is 0.526. The molecule has 1 aliphatic carbocycles. The van der Waals surface area contributed by atoms with Crippen molar-refractivity contribution in [1.29, 1.82) is 0 Å². The smallest absolute Gasteiger partial charge is 0.263 e. The van der Waals surface area contributed by atoms with Gasteiger partial charge in [0.05, 0.1) is 17.3 Å². The second kappa shape index (κ2) is 8.95. The van der Waals surface area contributed by atoms with E-state index in [-0.39, 0.29) is 29.4 Å². The molecule has 0 radical (unpaired) electrons. The van der Waals surface area contributed by atoms with Crippen LogP contribution in [-0.2, 0) is 16.0 Å². The van der Waals surface area contributed by atoms with Crippen molar-refractivity contribution in [2.75, 3.05) is 19.7 Å². The number of amides is 2. The van der Waals surface area contributed by atoms with E-state index in [9.17, 15) is 9.59 Å². The Hall–Kier alpha value is -1.47. The van der Waals surface area contributed by atoms with Crippen LogP contribution in [0.1, 0.15) is 79.2 Å². The first-order valence-electron chi connectivity index (χ1n) is 11.5. The molecule has 30 heavy (non-hydrogen) atoms. The number of aryl methyl sites for hydroxylation is 1. The highest BCUT2D eigenvalue weighted by atomic mass is 32.1. The van der Waals surface area contributed by atoms with Crippen LogP contribution in [0.15, 0.2) is 0 Å². The Bertz CT molecular complexity index is 785. The number of hydrogen-bond donors (Lipinski definition) is 1. The number of thiazole rings is 1. The molecule has 3 fully saturated rings. The monoisotopic (exact) mass is 433 g/mol. The summed E-state index contributed by atoms with van der Waals surface area (Å²) in [4.78, 5) is 33.3. The number of hydrogen-bond acceptors (Lipinski definition) is 5. The van der Waals surface area contributed by atoms with E-state index in [1.54, 1.807) is 0 Å². The highest BCUT2D eigenvalue weighted by molar-refractivity contribution is 7.13. The van der Waals surface area contributed by atoms with Crippen molar-refractivity contribution >= 4 is 23.2 Å². The maximum Gasteiger partial charge on any atom is 0.263 e. The molecule has 1 unspecified atom stereocenters. The van der Waals surface area contributed by atoms with E-state index >= 15 is 0 Å². The summed E-state index contributed by atoms with van der Waals surface area (Å²) < 4.78 is 5.98.